The molecule has 0 heterocycles. The highest BCUT2D eigenvalue weighted by molar-refractivity contribution is 5.47. The van der Waals surface area contributed by atoms with Crippen LogP contribution in [0.1, 0.15) is 12.8 Å². The molecule has 0 unspecified atom stereocenters. The average molecular weight is 181 g/mol. The van der Waals surface area contributed by atoms with E-state index in [0.717, 1.165) is 18.5 Å². The van der Waals surface area contributed by atoms with Crippen LogP contribution in [0.2, 0.25) is 0 Å². The summed E-state index contributed by atoms with van der Waals surface area (Å²) in [4.78, 5) is 0. The van der Waals surface area contributed by atoms with Crippen LogP contribution in [-0.4, -0.2) is 17.3 Å². The third-order valence-corrected chi connectivity index (χ3v) is 2.41. The topological polar surface area (TPSA) is 32.3 Å². The molecule has 1 aliphatic carbocycles. The standard InChI is InChI=1S/C10H12FNO/c11-8-1-3-9(4-2-8)12-10(7-13)5-6-10/h1-4,12-13H,5-7H2. The summed E-state index contributed by atoms with van der Waals surface area (Å²) >= 11 is 0. The van der Waals surface area contributed by atoms with Gasteiger partial charge in [-0.25, -0.2) is 4.39 Å². The Bertz CT molecular complexity index is 292. The Kier molecular flexibility index (Phi) is 1.96. The maximum atomic E-state index is 12.5. The largest absolute Gasteiger partial charge is 0.394 e. The zero-order chi connectivity index (χ0) is 9.31. The van der Waals surface area contributed by atoms with Crippen molar-refractivity contribution in [1.82, 2.24) is 0 Å². The fourth-order valence-corrected chi connectivity index (χ4v) is 1.31. The highest BCUT2D eigenvalue weighted by atomic mass is 19.1. The maximum Gasteiger partial charge on any atom is 0.123 e. The van der Waals surface area contributed by atoms with E-state index in [4.69, 9.17) is 5.11 Å². The molecule has 1 aliphatic rings. The molecule has 0 spiro atoms. The molecule has 3 heteroatoms. The number of anilines is 1. The van der Waals surface area contributed by atoms with Crippen molar-refractivity contribution in [3.05, 3.63) is 30.1 Å². The van der Waals surface area contributed by atoms with Crippen molar-refractivity contribution in [1.29, 1.82) is 0 Å². The molecule has 1 aromatic carbocycles. The number of aliphatic hydroxyl groups is 1. The van der Waals surface area contributed by atoms with Gasteiger partial charge in [-0.2, -0.15) is 0 Å². The first-order valence-electron chi connectivity index (χ1n) is 4.39. The Morgan fingerprint density at radius 2 is 1.92 bits per heavy atom. The molecule has 0 amide bonds. The SMILES string of the molecule is OCC1(Nc2ccc(F)cc2)CC1. The Labute approximate surface area is 76.4 Å². The second-order valence-corrected chi connectivity index (χ2v) is 3.57. The molecule has 0 bridgehead atoms. The fraction of sp³-hybridized carbons (Fsp3) is 0.400. The molecule has 0 aliphatic heterocycles. The predicted molar refractivity (Wildman–Crippen MR) is 49.1 cm³/mol. The Balaban J connectivity index is 2.06. The lowest BCUT2D eigenvalue weighted by molar-refractivity contribution is 0.266. The highest BCUT2D eigenvalue weighted by Crippen LogP contribution is 2.38. The average Bonchev–Trinajstić information content (AvgIpc) is 2.90. The summed E-state index contributed by atoms with van der Waals surface area (Å²) in [6.07, 6.45) is 1.97. The number of rotatable bonds is 3. The van der Waals surface area contributed by atoms with Crippen LogP contribution >= 0.6 is 0 Å². The van der Waals surface area contributed by atoms with Crippen LogP contribution in [-0.2, 0) is 0 Å². The van der Waals surface area contributed by atoms with Crippen molar-refractivity contribution >= 4 is 5.69 Å². The van der Waals surface area contributed by atoms with Gasteiger partial charge in [-0.05, 0) is 37.1 Å². The van der Waals surface area contributed by atoms with Gasteiger partial charge < -0.3 is 10.4 Å². The van der Waals surface area contributed by atoms with Gasteiger partial charge in [0.25, 0.3) is 0 Å². The first-order valence-corrected chi connectivity index (χ1v) is 4.39. The molecule has 1 saturated carbocycles. The summed E-state index contributed by atoms with van der Waals surface area (Å²) in [6.45, 7) is 0.143. The van der Waals surface area contributed by atoms with Crippen LogP contribution < -0.4 is 5.32 Å². The summed E-state index contributed by atoms with van der Waals surface area (Å²) in [7, 11) is 0. The smallest absolute Gasteiger partial charge is 0.123 e. The third kappa shape index (κ3) is 1.80. The second kappa shape index (κ2) is 3.00. The normalized spacial score (nSPS) is 18.3. The van der Waals surface area contributed by atoms with Crippen LogP contribution in [0, 0.1) is 5.82 Å². The monoisotopic (exact) mass is 181 g/mol. The zero-order valence-corrected chi connectivity index (χ0v) is 7.26. The molecular weight excluding hydrogens is 169 g/mol. The van der Waals surface area contributed by atoms with E-state index in [2.05, 4.69) is 5.32 Å². The molecule has 1 fully saturated rings. The third-order valence-electron chi connectivity index (χ3n) is 2.41. The number of halogens is 1. The summed E-state index contributed by atoms with van der Waals surface area (Å²) in [5.74, 6) is -0.237. The molecule has 0 saturated heterocycles. The maximum absolute atomic E-state index is 12.5. The van der Waals surface area contributed by atoms with E-state index < -0.39 is 0 Å². The minimum absolute atomic E-state index is 0.127. The first kappa shape index (κ1) is 8.51. The summed E-state index contributed by atoms with van der Waals surface area (Å²) in [5.41, 5.74) is 0.741. The lowest BCUT2D eigenvalue weighted by Crippen LogP contribution is -2.25. The molecular formula is C10H12FNO. The number of hydrogen-bond acceptors (Lipinski definition) is 2. The molecule has 2 rings (SSSR count). The van der Waals surface area contributed by atoms with E-state index in [1.807, 2.05) is 0 Å². The van der Waals surface area contributed by atoms with Crippen LogP contribution in [0.3, 0.4) is 0 Å². The fourth-order valence-electron chi connectivity index (χ4n) is 1.31. The Morgan fingerprint density at radius 3 is 2.38 bits per heavy atom. The minimum atomic E-state index is -0.237. The van der Waals surface area contributed by atoms with E-state index in [1.165, 1.54) is 12.1 Å². The van der Waals surface area contributed by atoms with Crippen molar-refractivity contribution in [2.24, 2.45) is 0 Å². The number of nitrogens with one attached hydrogen (secondary N) is 1. The summed E-state index contributed by atoms with van der Waals surface area (Å²) in [6, 6.07) is 6.20. The number of hydrogen-bond donors (Lipinski definition) is 2. The van der Waals surface area contributed by atoms with Gasteiger partial charge >= 0.3 is 0 Å². The lowest BCUT2D eigenvalue weighted by atomic mass is 10.2. The van der Waals surface area contributed by atoms with Crippen molar-refractivity contribution in [2.45, 2.75) is 18.4 Å². The number of benzene rings is 1. The highest BCUT2D eigenvalue weighted by Gasteiger charge is 2.41. The van der Waals surface area contributed by atoms with Crippen LogP contribution in [0.5, 0.6) is 0 Å². The van der Waals surface area contributed by atoms with Gasteiger partial charge in [-0.1, -0.05) is 0 Å². The molecule has 0 atom stereocenters. The second-order valence-electron chi connectivity index (χ2n) is 3.57. The van der Waals surface area contributed by atoms with Crippen LogP contribution in [0.15, 0.2) is 24.3 Å². The van der Waals surface area contributed by atoms with Gasteiger partial charge in [0.15, 0.2) is 0 Å². The van der Waals surface area contributed by atoms with Crippen molar-refractivity contribution in [3.63, 3.8) is 0 Å². The summed E-state index contributed by atoms with van der Waals surface area (Å²) < 4.78 is 12.5. The van der Waals surface area contributed by atoms with Crippen molar-refractivity contribution in [3.8, 4) is 0 Å². The molecule has 70 valence electrons. The zero-order valence-electron chi connectivity index (χ0n) is 7.26. The Hall–Kier alpha value is -1.09. The summed E-state index contributed by atoms with van der Waals surface area (Å²) in [5, 5.41) is 12.2. The first-order chi connectivity index (χ1) is 6.24. The molecule has 0 radical (unpaired) electrons. The van der Waals surface area contributed by atoms with Gasteiger partial charge in [0.1, 0.15) is 5.82 Å². The molecule has 2 N–H and O–H groups in total. The quantitative estimate of drug-likeness (QED) is 0.744. The van der Waals surface area contributed by atoms with Gasteiger partial charge in [-0.3, -0.25) is 0 Å². The van der Waals surface area contributed by atoms with E-state index in [0.29, 0.717) is 0 Å². The number of aliphatic hydroxyl groups excluding tert-OH is 1. The van der Waals surface area contributed by atoms with Crippen LogP contribution in [0.25, 0.3) is 0 Å². The van der Waals surface area contributed by atoms with Gasteiger partial charge in [0, 0.05) is 5.69 Å². The minimum Gasteiger partial charge on any atom is -0.394 e. The predicted octanol–water partition coefficient (Wildman–Crippen LogP) is 1.76. The molecule has 13 heavy (non-hydrogen) atoms. The van der Waals surface area contributed by atoms with Crippen molar-refractivity contribution < 1.29 is 9.50 Å². The van der Waals surface area contributed by atoms with Crippen molar-refractivity contribution in [2.75, 3.05) is 11.9 Å². The van der Waals surface area contributed by atoms with Gasteiger partial charge in [0.05, 0.1) is 12.1 Å². The van der Waals surface area contributed by atoms with E-state index in [9.17, 15) is 4.39 Å². The van der Waals surface area contributed by atoms with E-state index >= 15 is 0 Å². The Morgan fingerprint density at radius 1 is 1.31 bits per heavy atom. The van der Waals surface area contributed by atoms with Gasteiger partial charge in [0.2, 0.25) is 0 Å². The molecule has 2 nitrogen and oxygen atoms in total. The van der Waals surface area contributed by atoms with Gasteiger partial charge in [-0.15, -0.1) is 0 Å². The van der Waals surface area contributed by atoms with E-state index in [-0.39, 0.29) is 18.0 Å². The molecule has 1 aromatic rings. The lowest BCUT2D eigenvalue weighted by Gasteiger charge is -2.15. The van der Waals surface area contributed by atoms with E-state index in [1.54, 1.807) is 12.1 Å². The molecule has 0 aromatic heterocycles. The van der Waals surface area contributed by atoms with Crippen LogP contribution in [0.4, 0.5) is 10.1 Å².